The van der Waals surface area contributed by atoms with Crippen LogP contribution in [0.4, 0.5) is 0 Å². The molecule has 0 atom stereocenters. The van der Waals surface area contributed by atoms with Gasteiger partial charge < -0.3 is 9.88 Å². The normalized spacial score (nSPS) is 11.3. The van der Waals surface area contributed by atoms with Gasteiger partial charge in [-0.25, -0.2) is 4.98 Å². The van der Waals surface area contributed by atoms with Crippen molar-refractivity contribution in [2.45, 2.75) is 32.4 Å². The Labute approximate surface area is 144 Å². The number of carbonyl (C=O) groups is 2. The summed E-state index contributed by atoms with van der Waals surface area (Å²) in [5.74, 6) is -0.133. The molecule has 2 aromatic rings. The van der Waals surface area contributed by atoms with Crippen molar-refractivity contribution in [3.63, 3.8) is 0 Å². The lowest BCUT2D eigenvalue weighted by Gasteiger charge is -2.27. The van der Waals surface area contributed by atoms with Crippen molar-refractivity contribution in [3.05, 3.63) is 52.0 Å². The van der Waals surface area contributed by atoms with Gasteiger partial charge in [-0.2, -0.15) is 0 Å². The summed E-state index contributed by atoms with van der Waals surface area (Å²) in [6.45, 7) is 4.16. The highest BCUT2D eigenvalue weighted by Gasteiger charge is 2.23. The molecule has 0 fully saturated rings. The molecular weight excluding hydrogens is 337 g/mol. The molecule has 0 radical (unpaired) electrons. The van der Waals surface area contributed by atoms with Crippen LogP contribution in [-0.4, -0.2) is 21.7 Å². The van der Waals surface area contributed by atoms with Crippen LogP contribution < -0.4 is 5.32 Å². The number of carbonyl (C=O) groups excluding carboxylic acids is 2. The highest BCUT2D eigenvalue weighted by Crippen LogP contribution is 2.28. The van der Waals surface area contributed by atoms with Crippen molar-refractivity contribution >= 4 is 35.4 Å². The third-order valence-corrected chi connectivity index (χ3v) is 4.28. The molecular formula is C16H17Cl2N3O2. The summed E-state index contributed by atoms with van der Waals surface area (Å²) in [5, 5.41) is 3.87. The summed E-state index contributed by atoms with van der Waals surface area (Å²) in [7, 11) is 0. The van der Waals surface area contributed by atoms with Gasteiger partial charge in [0.2, 0.25) is 5.91 Å². The number of hydrogen-bond donors (Lipinski definition) is 1. The van der Waals surface area contributed by atoms with Crippen LogP contribution in [0.25, 0.3) is 0 Å². The Kier molecular flexibility index (Phi) is 5.44. The van der Waals surface area contributed by atoms with E-state index in [1.807, 2.05) is 19.9 Å². The van der Waals surface area contributed by atoms with Crippen molar-refractivity contribution in [3.8, 4) is 0 Å². The van der Waals surface area contributed by atoms with Gasteiger partial charge in [-0.3, -0.25) is 9.59 Å². The second kappa shape index (κ2) is 7.15. The Morgan fingerprint density at radius 2 is 2.09 bits per heavy atom. The first-order valence-electron chi connectivity index (χ1n) is 7.05. The molecule has 5 nitrogen and oxygen atoms in total. The second-order valence-corrected chi connectivity index (χ2v) is 6.50. The second-order valence-electron chi connectivity index (χ2n) is 5.68. The van der Waals surface area contributed by atoms with E-state index in [9.17, 15) is 9.59 Å². The average molecular weight is 354 g/mol. The lowest BCUT2D eigenvalue weighted by Crippen LogP contribution is -2.41. The molecule has 7 heteroatoms. The number of aryl methyl sites for hydroxylation is 1. The van der Waals surface area contributed by atoms with E-state index in [1.54, 1.807) is 16.7 Å². The molecule has 1 amide bonds. The van der Waals surface area contributed by atoms with Gasteiger partial charge in [-0.1, -0.05) is 29.3 Å². The fourth-order valence-corrected chi connectivity index (χ4v) is 2.50. The average Bonchev–Trinajstić information content (AvgIpc) is 2.95. The smallest absolute Gasteiger partial charge is 0.222 e. The van der Waals surface area contributed by atoms with Gasteiger partial charge in [0.15, 0.2) is 6.29 Å². The van der Waals surface area contributed by atoms with Crippen LogP contribution in [0.15, 0.2) is 30.7 Å². The number of hydrogen-bond acceptors (Lipinski definition) is 3. The summed E-state index contributed by atoms with van der Waals surface area (Å²) in [5.41, 5.74) is 0.714. The summed E-state index contributed by atoms with van der Waals surface area (Å²) >= 11 is 11.9. The molecule has 0 aliphatic heterocycles. The van der Waals surface area contributed by atoms with Crippen LogP contribution in [0.5, 0.6) is 0 Å². The Bertz CT molecular complexity index is 726. The fraction of sp³-hybridized carbons (Fsp3) is 0.312. The third kappa shape index (κ3) is 4.33. The van der Waals surface area contributed by atoms with Gasteiger partial charge in [-0.15, -0.1) is 0 Å². The van der Waals surface area contributed by atoms with Gasteiger partial charge in [-0.05, 0) is 31.5 Å². The van der Waals surface area contributed by atoms with Crippen molar-refractivity contribution in [2.75, 3.05) is 0 Å². The first-order chi connectivity index (χ1) is 10.8. The summed E-state index contributed by atoms with van der Waals surface area (Å²) < 4.78 is 1.64. The van der Waals surface area contributed by atoms with Gasteiger partial charge in [0, 0.05) is 13.0 Å². The minimum Gasteiger partial charge on any atom is -0.347 e. The lowest BCUT2D eigenvalue weighted by molar-refractivity contribution is -0.123. The molecule has 0 aliphatic rings. The number of nitrogens with zero attached hydrogens (tertiary/aromatic N) is 2. The van der Waals surface area contributed by atoms with Gasteiger partial charge in [0.25, 0.3) is 0 Å². The van der Waals surface area contributed by atoms with E-state index in [0.29, 0.717) is 28.6 Å². The molecule has 23 heavy (non-hydrogen) atoms. The SMILES string of the molecule is CC(C)(NC(=O)CCn1cncc1C=O)c1ccc(Cl)c(Cl)c1. The van der Waals surface area contributed by atoms with Crippen molar-refractivity contribution in [1.29, 1.82) is 0 Å². The molecule has 1 N–H and O–H groups in total. The van der Waals surface area contributed by atoms with E-state index in [2.05, 4.69) is 10.3 Å². The zero-order valence-corrected chi connectivity index (χ0v) is 14.4. The third-order valence-electron chi connectivity index (χ3n) is 3.54. The van der Waals surface area contributed by atoms with E-state index >= 15 is 0 Å². The standard InChI is InChI=1S/C16H17Cl2N3O2/c1-16(2,11-3-4-13(17)14(18)7-11)20-15(23)5-6-21-10-19-8-12(21)9-22/h3-4,7-10H,5-6H2,1-2H3,(H,20,23). The molecule has 0 spiro atoms. The Balaban J connectivity index is 2.00. The fourth-order valence-electron chi connectivity index (χ4n) is 2.21. The van der Waals surface area contributed by atoms with E-state index in [1.165, 1.54) is 12.5 Å². The van der Waals surface area contributed by atoms with Crippen LogP contribution >= 0.6 is 23.2 Å². The number of rotatable bonds is 6. The van der Waals surface area contributed by atoms with Crippen LogP contribution in [0, 0.1) is 0 Å². The number of aldehydes is 1. The zero-order valence-electron chi connectivity index (χ0n) is 12.8. The van der Waals surface area contributed by atoms with Crippen LogP contribution in [-0.2, 0) is 16.9 Å². The van der Waals surface area contributed by atoms with E-state index in [-0.39, 0.29) is 12.3 Å². The van der Waals surface area contributed by atoms with E-state index in [0.717, 1.165) is 5.56 Å². The molecule has 0 saturated carbocycles. The monoisotopic (exact) mass is 353 g/mol. The van der Waals surface area contributed by atoms with Crippen LogP contribution in [0.1, 0.15) is 36.3 Å². The van der Waals surface area contributed by atoms with Gasteiger partial charge >= 0.3 is 0 Å². The zero-order chi connectivity index (χ0) is 17.0. The van der Waals surface area contributed by atoms with Crippen molar-refractivity contribution in [2.24, 2.45) is 0 Å². The summed E-state index contributed by atoms with van der Waals surface area (Å²) in [6, 6.07) is 5.27. The molecule has 1 aromatic heterocycles. The largest absolute Gasteiger partial charge is 0.347 e. The maximum Gasteiger partial charge on any atom is 0.222 e. The van der Waals surface area contributed by atoms with Gasteiger partial charge in [0.1, 0.15) is 5.69 Å². The predicted molar refractivity (Wildman–Crippen MR) is 89.9 cm³/mol. The quantitative estimate of drug-likeness (QED) is 0.809. The predicted octanol–water partition coefficient (Wildman–Crippen LogP) is 3.44. The first-order valence-corrected chi connectivity index (χ1v) is 7.81. The number of imidazole rings is 1. The molecule has 1 heterocycles. The Hall–Kier alpha value is -1.85. The molecule has 0 unspecified atom stereocenters. The maximum absolute atomic E-state index is 12.2. The van der Waals surface area contributed by atoms with Gasteiger partial charge in [0.05, 0.1) is 28.1 Å². The Morgan fingerprint density at radius 1 is 1.35 bits per heavy atom. The van der Waals surface area contributed by atoms with E-state index in [4.69, 9.17) is 23.2 Å². The minimum atomic E-state index is -0.590. The number of aromatic nitrogens is 2. The maximum atomic E-state index is 12.2. The highest BCUT2D eigenvalue weighted by molar-refractivity contribution is 6.42. The van der Waals surface area contributed by atoms with Crippen LogP contribution in [0.3, 0.4) is 0 Å². The van der Waals surface area contributed by atoms with Crippen molar-refractivity contribution in [1.82, 2.24) is 14.9 Å². The lowest BCUT2D eigenvalue weighted by atomic mass is 9.94. The summed E-state index contributed by atoms with van der Waals surface area (Å²) in [6.07, 6.45) is 3.94. The Morgan fingerprint density at radius 3 is 2.74 bits per heavy atom. The topological polar surface area (TPSA) is 64.0 Å². The number of benzene rings is 1. The number of halogens is 2. The molecule has 1 aromatic carbocycles. The molecule has 0 bridgehead atoms. The van der Waals surface area contributed by atoms with E-state index < -0.39 is 5.54 Å². The molecule has 2 rings (SSSR count). The van der Waals surface area contributed by atoms with Crippen molar-refractivity contribution < 1.29 is 9.59 Å². The molecule has 0 aliphatic carbocycles. The van der Waals surface area contributed by atoms with Crippen LogP contribution in [0.2, 0.25) is 10.0 Å². The minimum absolute atomic E-state index is 0.133. The number of nitrogens with one attached hydrogen (secondary N) is 1. The number of amides is 1. The summed E-state index contributed by atoms with van der Waals surface area (Å²) in [4.78, 5) is 26.9. The highest BCUT2D eigenvalue weighted by atomic mass is 35.5. The first kappa shape index (κ1) is 17.5. The molecule has 122 valence electrons. The molecule has 0 saturated heterocycles.